The number of carbonyl (C=O) groups is 2. The van der Waals surface area contributed by atoms with Crippen molar-refractivity contribution in [1.82, 2.24) is 10.4 Å². The summed E-state index contributed by atoms with van der Waals surface area (Å²) in [6.45, 7) is 0. The molecule has 42 heavy (non-hydrogen) atoms. The maximum Gasteiger partial charge on any atom is 0.490 e. The molecule has 4 aliphatic rings. The van der Waals surface area contributed by atoms with Gasteiger partial charge in [0.1, 0.15) is 16.2 Å². The van der Waals surface area contributed by atoms with E-state index in [1.165, 1.54) is 18.2 Å². The summed E-state index contributed by atoms with van der Waals surface area (Å²) >= 11 is 0. The van der Waals surface area contributed by atoms with E-state index in [0.717, 1.165) is 51.2 Å². The highest BCUT2D eigenvalue weighted by atomic mass is 32.2. The highest BCUT2D eigenvalue weighted by Crippen LogP contribution is 2.39. The quantitative estimate of drug-likeness (QED) is 0.320. The molecule has 1 aromatic carbocycles. The normalized spacial score (nSPS) is 24.0. The van der Waals surface area contributed by atoms with Crippen LogP contribution in [0.4, 0.5) is 24.5 Å². The molecule has 5 N–H and O–H groups in total. The number of halogens is 3. The average Bonchev–Trinajstić information content (AvgIpc) is 3.08. The van der Waals surface area contributed by atoms with Gasteiger partial charge in [0.05, 0.1) is 18.0 Å². The number of hydrazine groups is 1. The second-order valence-corrected chi connectivity index (χ2v) is 13.8. The first-order valence-electron chi connectivity index (χ1n) is 13.0. The van der Waals surface area contributed by atoms with Gasteiger partial charge in [-0.15, -0.1) is 4.40 Å². The smallest absolute Gasteiger partial charge is 0.490 e. The second kappa shape index (κ2) is 11.7. The Hall–Kier alpha value is -3.38. The van der Waals surface area contributed by atoms with Crippen LogP contribution in [-0.2, 0) is 29.6 Å². The first-order chi connectivity index (χ1) is 19.5. The zero-order chi connectivity index (χ0) is 31.0. The van der Waals surface area contributed by atoms with Gasteiger partial charge >= 0.3 is 12.1 Å². The summed E-state index contributed by atoms with van der Waals surface area (Å²) in [5.41, 5.74) is 3.40. The molecule has 2 heterocycles. The molecular formula is C24H30F3N5O8S2. The molecule has 2 aliphatic carbocycles. The minimum absolute atomic E-state index is 0.0725. The predicted octanol–water partition coefficient (Wildman–Crippen LogP) is 2.86. The molecule has 2 aliphatic heterocycles. The van der Waals surface area contributed by atoms with Gasteiger partial charge in [-0.2, -0.15) is 21.6 Å². The largest absolute Gasteiger partial charge is 0.511 e. The number of aliphatic carboxylic acids is 1. The van der Waals surface area contributed by atoms with Gasteiger partial charge in [-0.3, -0.25) is 14.5 Å². The minimum Gasteiger partial charge on any atom is -0.511 e. The summed E-state index contributed by atoms with van der Waals surface area (Å²) < 4.78 is 87.0. The molecule has 232 valence electrons. The second-order valence-electron chi connectivity index (χ2n) is 10.4. The third kappa shape index (κ3) is 6.97. The van der Waals surface area contributed by atoms with Crippen molar-refractivity contribution in [3.63, 3.8) is 0 Å². The van der Waals surface area contributed by atoms with Crippen LogP contribution in [0.1, 0.15) is 51.4 Å². The van der Waals surface area contributed by atoms with Crippen LogP contribution in [0.3, 0.4) is 0 Å². The molecule has 0 radical (unpaired) electrons. The Morgan fingerprint density at radius 2 is 1.76 bits per heavy atom. The molecule has 2 atom stereocenters. The summed E-state index contributed by atoms with van der Waals surface area (Å²) in [5, 5.41) is 22.8. The fourth-order valence-electron chi connectivity index (χ4n) is 5.14. The number of rotatable bonds is 5. The van der Waals surface area contributed by atoms with Crippen LogP contribution < -0.4 is 15.5 Å². The number of benzene rings is 1. The number of alkyl halides is 3. The van der Waals surface area contributed by atoms with Crippen LogP contribution in [0.5, 0.6) is 0 Å². The number of amidine groups is 1. The highest BCUT2D eigenvalue weighted by molar-refractivity contribution is 7.92. The van der Waals surface area contributed by atoms with Crippen LogP contribution in [-0.4, -0.2) is 74.3 Å². The van der Waals surface area contributed by atoms with E-state index in [1.807, 2.05) is 0 Å². The number of carboxylic acids is 1. The van der Waals surface area contributed by atoms with Crippen LogP contribution in [0.2, 0.25) is 0 Å². The Bertz CT molecular complexity index is 1540. The average molecular weight is 638 g/mol. The van der Waals surface area contributed by atoms with Crippen molar-refractivity contribution in [3.05, 3.63) is 29.5 Å². The van der Waals surface area contributed by atoms with Gasteiger partial charge in [-0.1, -0.05) is 25.7 Å². The number of nitrogens with one attached hydrogen (secondary N) is 3. The van der Waals surface area contributed by atoms with Gasteiger partial charge in [-0.05, 0) is 43.9 Å². The Morgan fingerprint density at radius 1 is 1.12 bits per heavy atom. The molecule has 0 spiro atoms. The van der Waals surface area contributed by atoms with E-state index in [0.29, 0.717) is 6.42 Å². The molecular weight excluding hydrogens is 607 g/mol. The van der Waals surface area contributed by atoms with E-state index in [1.54, 1.807) is 5.01 Å². The molecule has 0 aromatic heterocycles. The number of aliphatic hydroxyl groups is 1. The molecule has 18 heteroatoms. The van der Waals surface area contributed by atoms with Gasteiger partial charge in [0.2, 0.25) is 10.0 Å². The van der Waals surface area contributed by atoms with Crippen molar-refractivity contribution in [2.75, 3.05) is 16.3 Å². The lowest BCUT2D eigenvalue weighted by atomic mass is 9.85. The molecule has 13 nitrogen and oxygen atoms in total. The number of amides is 1. The SMILES string of the molecule is CS(=O)(=O)Nc1ccc2c(c1)S(=O)(=O)N=C(C1=C(O)C3CCCCCC3N(NC3CCC3)C1=O)N2.O=C(O)C(F)(F)F. The molecule has 5 rings (SSSR count). The number of anilines is 2. The Labute approximate surface area is 239 Å². The topological polar surface area (TPSA) is 195 Å². The lowest BCUT2D eigenvalue weighted by Gasteiger charge is -2.44. The standard InChI is InChI=1S/C22H29N5O6S2.C2HF3O2/c1-34(30,31)25-14-10-11-16-18(12-14)35(32,33)26-21(23-16)19-20(28)15-8-3-2-4-9-17(15)27(22(19)29)24-13-6-5-7-13;3-2(4,5)1(6)7/h10-13,15,17,24-25,28H,2-9H2,1H3,(H,23,26);(H,6,7). The Kier molecular flexibility index (Phi) is 8.80. The number of hydrogen-bond acceptors (Lipinski definition) is 9. The summed E-state index contributed by atoms with van der Waals surface area (Å²) in [6, 6.07) is 3.96. The summed E-state index contributed by atoms with van der Waals surface area (Å²) in [5.74, 6) is -3.93. The lowest BCUT2D eigenvalue weighted by molar-refractivity contribution is -0.192. The van der Waals surface area contributed by atoms with Crippen molar-refractivity contribution < 1.29 is 49.8 Å². The first-order valence-corrected chi connectivity index (χ1v) is 16.4. The van der Waals surface area contributed by atoms with E-state index in [4.69, 9.17) is 9.90 Å². The third-order valence-electron chi connectivity index (χ3n) is 7.28. The molecule has 1 aromatic rings. The summed E-state index contributed by atoms with van der Waals surface area (Å²) in [6.07, 6.45) is 3.17. The Morgan fingerprint density at radius 3 is 2.33 bits per heavy atom. The number of carboxylic acid groups (broad SMARTS) is 1. The van der Waals surface area contributed by atoms with Gasteiger partial charge in [0, 0.05) is 17.6 Å². The first kappa shape index (κ1) is 31.6. The number of hydrogen-bond donors (Lipinski definition) is 5. The zero-order valence-electron chi connectivity index (χ0n) is 22.3. The maximum absolute atomic E-state index is 13.7. The fraction of sp³-hybridized carbons (Fsp3) is 0.542. The molecule has 2 fully saturated rings. The lowest BCUT2D eigenvalue weighted by Crippen LogP contribution is -2.60. The van der Waals surface area contributed by atoms with E-state index in [2.05, 4.69) is 19.9 Å². The molecule has 2 unspecified atom stereocenters. The molecule has 0 bridgehead atoms. The van der Waals surface area contributed by atoms with Crippen molar-refractivity contribution in [2.24, 2.45) is 10.3 Å². The van der Waals surface area contributed by atoms with Gasteiger partial charge in [-0.25, -0.2) is 18.6 Å². The molecule has 1 amide bonds. The fourth-order valence-corrected chi connectivity index (χ4v) is 6.84. The van der Waals surface area contributed by atoms with E-state index in [9.17, 15) is 39.9 Å². The number of aliphatic hydroxyl groups excluding tert-OH is 1. The van der Waals surface area contributed by atoms with Crippen LogP contribution in [0.15, 0.2) is 38.8 Å². The number of carbonyl (C=O) groups excluding carboxylic acids is 1. The monoisotopic (exact) mass is 637 g/mol. The summed E-state index contributed by atoms with van der Waals surface area (Å²) in [4.78, 5) is 22.3. The molecule has 2 saturated carbocycles. The van der Waals surface area contributed by atoms with Crippen LogP contribution >= 0.6 is 0 Å². The van der Waals surface area contributed by atoms with Crippen molar-refractivity contribution >= 4 is 49.1 Å². The summed E-state index contributed by atoms with van der Waals surface area (Å²) in [7, 11) is -7.89. The van der Waals surface area contributed by atoms with Crippen molar-refractivity contribution in [1.29, 1.82) is 0 Å². The van der Waals surface area contributed by atoms with E-state index < -0.39 is 38.1 Å². The van der Waals surface area contributed by atoms with Gasteiger partial charge in [0.15, 0.2) is 5.84 Å². The number of nitrogens with zero attached hydrogens (tertiary/aromatic N) is 2. The predicted molar refractivity (Wildman–Crippen MR) is 144 cm³/mol. The Balaban J connectivity index is 0.000000517. The third-order valence-corrected chi connectivity index (χ3v) is 9.21. The van der Waals surface area contributed by atoms with Crippen molar-refractivity contribution in [2.45, 2.75) is 74.5 Å². The van der Waals surface area contributed by atoms with Crippen LogP contribution in [0, 0.1) is 5.92 Å². The van der Waals surface area contributed by atoms with Gasteiger partial charge in [0.25, 0.3) is 15.9 Å². The number of sulfonamides is 2. The van der Waals surface area contributed by atoms with Crippen molar-refractivity contribution in [3.8, 4) is 0 Å². The van der Waals surface area contributed by atoms with E-state index >= 15 is 0 Å². The number of fused-ring (bicyclic) bond motifs is 2. The minimum atomic E-state index is -5.08. The van der Waals surface area contributed by atoms with E-state index in [-0.39, 0.29) is 51.4 Å². The highest BCUT2D eigenvalue weighted by Gasteiger charge is 2.46. The maximum atomic E-state index is 13.7. The van der Waals surface area contributed by atoms with Gasteiger partial charge < -0.3 is 15.5 Å². The molecule has 0 saturated heterocycles. The zero-order valence-corrected chi connectivity index (χ0v) is 23.9. The van der Waals surface area contributed by atoms with Crippen LogP contribution in [0.25, 0.3) is 0 Å².